The number of aromatic hydroxyl groups is 1. The Kier molecular flexibility index (Phi) is 3.89. The lowest BCUT2D eigenvalue weighted by atomic mass is 10.2. The topological polar surface area (TPSA) is 90.2 Å². The van der Waals surface area contributed by atoms with Gasteiger partial charge in [-0.05, 0) is 6.07 Å². The van der Waals surface area contributed by atoms with Crippen LogP contribution < -0.4 is 17.0 Å². The van der Waals surface area contributed by atoms with Gasteiger partial charge in [0.15, 0.2) is 11.6 Å². The van der Waals surface area contributed by atoms with Crippen LogP contribution >= 0.6 is 11.6 Å². The molecule has 11 heteroatoms. The summed E-state index contributed by atoms with van der Waals surface area (Å²) >= 11 is 5.49. The Morgan fingerprint density at radius 1 is 1.26 bits per heavy atom. The second-order valence-electron chi connectivity index (χ2n) is 4.49. The molecule has 0 saturated heterocycles. The van der Waals surface area contributed by atoms with Crippen molar-refractivity contribution in [1.29, 1.82) is 0 Å². The number of rotatable bonds is 1. The molecule has 0 aliphatic rings. The molecular weight excluding hydrogens is 346 g/mol. The standard InChI is InChI=1S/C12H8ClF4N3O3/c1-19-6(12(15,16)17)3-7(21)20(11(19)23)9-5(14)2-4(13)10(22)8(9)18/h2-3,22H,18H2,1H3. The molecule has 0 unspecified atom stereocenters. The average Bonchev–Trinajstić information content (AvgIpc) is 2.42. The first-order valence-corrected chi connectivity index (χ1v) is 6.21. The monoisotopic (exact) mass is 353 g/mol. The molecule has 0 atom stereocenters. The lowest BCUT2D eigenvalue weighted by Crippen LogP contribution is -2.41. The molecule has 0 amide bonds. The van der Waals surface area contributed by atoms with E-state index in [9.17, 15) is 32.3 Å². The summed E-state index contributed by atoms with van der Waals surface area (Å²) in [6, 6.07) is 0.693. The van der Waals surface area contributed by atoms with Gasteiger partial charge in [0.25, 0.3) is 5.56 Å². The van der Waals surface area contributed by atoms with Gasteiger partial charge < -0.3 is 10.8 Å². The summed E-state index contributed by atoms with van der Waals surface area (Å²) in [5, 5.41) is 9.09. The maximum Gasteiger partial charge on any atom is 0.431 e. The summed E-state index contributed by atoms with van der Waals surface area (Å²) in [5.41, 5.74) is -0.682. The van der Waals surface area contributed by atoms with Crippen LogP contribution in [0.3, 0.4) is 0 Å². The SMILES string of the molecule is Cn1c(C(F)(F)F)cc(=O)n(-c2c(F)cc(Cl)c(O)c2N)c1=O. The second kappa shape index (κ2) is 5.30. The maximum atomic E-state index is 14.0. The number of anilines is 1. The van der Waals surface area contributed by atoms with Gasteiger partial charge >= 0.3 is 11.9 Å². The van der Waals surface area contributed by atoms with Crippen molar-refractivity contribution >= 4 is 17.3 Å². The van der Waals surface area contributed by atoms with Gasteiger partial charge in [-0.1, -0.05) is 11.6 Å². The molecule has 0 aliphatic heterocycles. The lowest BCUT2D eigenvalue weighted by molar-refractivity contribution is -0.144. The summed E-state index contributed by atoms with van der Waals surface area (Å²) < 4.78 is 52.5. The Morgan fingerprint density at radius 3 is 2.35 bits per heavy atom. The number of nitrogen functional groups attached to an aromatic ring is 1. The highest BCUT2D eigenvalue weighted by Gasteiger charge is 2.35. The van der Waals surface area contributed by atoms with E-state index < -0.39 is 51.1 Å². The van der Waals surface area contributed by atoms with E-state index in [0.717, 1.165) is 7.05 Å². The van der Waals surface area contributed by atoms with Gasteiger partial charge in [0.1, 0.15) is 17.1 Å². The fourth-order valence-electron chi connectivity index (χ4n) is 1.95. The number of benzene rings is 1. The zero-order valence-corrected chi connectivity index (χ0v) is 12.0. The normalized spacial score (nSPS) is 11.7. The maximum absolute atomic E-state index is 14.0. The number of nitrogens with two attached hydrogens (primary N) is 1. The van der Waals surface area contributed by atoms with E-state index in [2.05, 4.69) is 0 Å². The van der Waals surface area contributed by atoms with E-state index >= 15 is 0 Å². The summed E-state index contributed by atoms with van der Waals surface area (Å²) in [5.74, 6) is -2.07. The summed E-state index contributed by atoms with van der Waals surface area (Å²) in [7, 11) is 0.755. The molecular formula is C12H8ClF4N3O3. The number of phenolic OH excluding ortho intramolecular Hbond substituents is 1. The zero-order chi connectivity index (χ0) is 17.7. The predicted molar refractivity (Wildman–Crippen MR) is 73.3 cm³/mol. The third-order valence-corrected chi connectivity index (χ3v) is 3.34. The van der Waals surface area contributed by atoms with Gasteiger partial charge in [-0.15, -0.1) is 0 Å². The highest BCUT2D eigenvalue weighted by atomic mass is 35.5. The van der Waals surface area contributed by atoms with Crippen LogP contribution in [0.15, 0.2) is 21.7 Å². The third-order valence-electron chi connectivity index (χ3n) is 3.05. The Labute approximate surface area is 130 Å². The molecule has 1 aromatic heterocycles. The molecule has 23 heavy (non-hydrogen) atoms. The van der Waals surface area contributed by atoms with Gasteiger partial charge in [-0.2, -0.15) is 13.2 Å². The van der Waals surface area contributed by atoms with Crippen LogP contribution in [0.4, 0.5) is 23.2 Å². The molecule has 2 rings (SSSR count). The number of halogens is 5. The minimum Gasteiger partial charge on any atom is -0.504 e. The zero-order valence-electron chi connectivity index (χ0n) is 11.3. The molecule has 3 N–H and O–H groups in total. The summed E-state index contributed by atoms with van der Waals surface area (Å²) in [4.78, 5) is 23.9. The summed E-state index contributed by atoms with van der Waals surface area (Å²) in [6.45, 7) is 0. The Morgan fingerprint density at radius 2 is 1.83 bits per heavy atom. The fraction of sp³-hybridized carbons (Fsp3) is 0.167. The molecule has 0 fully saturated rings. The average molecular weight is 354 g/mol. The quantitative estimate of drug-likeness (QED) is 0.463. The Hall–Kier alpha value is -2.49. The molecule has 0 radical (unpaired) electrons. The first kappa shape index (κ1) is 16.9. The number of phenols is 1. The molecule has 2 aromatic rings. The number of nitrogens with zero attached hydrogens (tertiary/aromatic N) is 2. The van der Waals surface area contributed by atoms with Gasteiger partial charge in [-0.3, -0.25) is 9.36 Å². The van der Waals surface area contributed by atoms with Crippen molar-refractivity contribution < 1.29 is 22.7 Å². The molecule has 6 nitrogen and oxygen atoms in total. The smallest absolute Gasteiger partial charge is 0.431 e. The first-order chi connectivity index (χ1) is 10.5. The molecule has 1 heterocycles. The van der Waals surface area contributed by atoms with E-state index in [-0.39, 0.29) is 15.2 Å². The fourth-order valence-corrected chi connectivity index (χ4v) is 2.15. The minimum absolute atomic E-state index is 0.0793. The predicted octanol–water partition coefficient (Wildman–Crippen LogP) is 1.64. The number of hydrogen-bond acceptors (Lipinski definition) is 4. The van der Waals surface area contributed by atoms with Crippen molar-refractivity contribution in [3.05, 3.63) is 49.5 Å². The van der Waals surface area contributed by atoms with Crippen molar-refractivity contribution in [1.82, 2.24) is 9.13 Å². The van der Waals surface area contributed by atoms with E-state index in [1.165, 1.54) is 0 Å². The van der Waals surface area contributed by atoms with E-state index in [0.29, 0.717) is 6.07 Å². The van der Waals surface area contributed by atoms with Gasteiger partial charge in [0.05, 0.1) is 5.02 Å². The number of alkyl halides is 3. The second-order valence-corrected chi connectivity index (χ2v) is 4.90. The number of aromatic nitrogens is 2. The van der Waals surface area contributed by atoms with E-state index in [4.69, 9.17) is 17.3 Å². The lowest BCUT2D eigenvalue weighted by Gasteiger charge is -2.16. The Bertz CT molecular complexity index is 918. The highest BCUT2D eigenvalue weighted by molar-refractivity contribution is 6.32. The van der Waals surface area contributed by atoms with Gasteiger partial charge in [0, 0.05) is 13.1 Å². The highest BCUT2D eigenvalue weighted by Crippen LogP contribution is 2.35. The molecule has 124 valence electrons. The van der Waals surface area contributed by atoms with Crippen LogP contribution in [-0.2, 0) is 13.2 Å². The van der Waals surface area contributed by atoms with Crippen LogP contribution in [-0.4, -0.2) is 14.2 Å². The Balaban J connectivity index is 2.94. The van der Waals surface area contributed by atoms with Gasteiger partial charge in [0.2, 0.25) is 0 Å². The van der Waals surface area contributed by atoms with E-state index in [1.54, 1.807) is 0 Å². The van der Waals surface area contributed by atoms with Crippen molar-refractivity contribution in [3.8, 4) is 11.4 Å². The minimum atomic E-state index is -4.96. The molecule has 0 spiro atoms. The first-order valence-electron chi connectivity index (χ1n) is 5.84. The van der Waals surface area contributed by atoms with E-state index in [1.807, 2.05) is 0 Å². The van der Waals surface area contributed by atoms with Gasteiger partial charge in [-0.25, -0.2) is 13.8 Å². The van der Waals surface area contributed by atoms with Crippen molar-refractivity contribution in [3.63, 3.8) is 0 Å². The van der Waals surface area contributed by atoms with Crippen molar-refractivity contribution in [2.75, 3.05) is 5.73 Å². The molecule has 1 aromatic carbocycles. The molecule has 0 saturated carbocycles. The van der Waals surface area contributed by atoms with Crippen LogP contribution in [0.1, 0.15) is 5.69 Å². The molecule has 0 bridgehead atoms. The largest absolute Gasteiger partial charge is 0.504 e. The van der Waals surface area contributed by atoms with Crippen molar-refractivity contribution in [2.24, 2.45) is 7.05 Å². The summed E-state index contributed by atoms with van der Waals surface area (Å²) in [6.07, 6.45) is -4.96. The van der Waals surface area contributed by atoms with Crippen LogP contribution in [0.5, 0.6) is 5.75 Å². The van der Waals surface area contributed by atoms with Crippen LogP contribution in [0, 0.1) is 5.82 Å². The van der Waals surface area contributed by atoms with Crippen LogP contribution in [0.25, 0.3) is 5.69 Å². The van der Waals surface area contributed by atoms with Crippen LogP contribution in [0.2, 0.25) is 5.02 Å². The number of hydrogen-bond donors (Lipinski definition) is 2. The van der Waals surface area contributed by atoms with Crippen molar-refractivity contribution in [2.45, 2.75) is 6.18 Å². The third kappa shape index (κ3) is 2.65. The molecule has 0 aliphatic carbocycles.